The standard InChI is InChI=1S/C14H17NO3/c1-15-8-4-3-5-11-9-13(18-2)7-6-12(11)10-14(16)17/h6-7,9,15H,4,8,10H2,1-2H3,(H,16,17). The van der Waals surface area contributed by atoms with E-state index in [9.17, 15) is 4.79 Å². The third-order valence-electron chi connectivity index (χ3n) is 2.38. The van der Waals surface area contributed by atoms with Gasteiger partial charge in [-0.25, -0.2) is 0 Å². The van der Waals surface area contributed by atoms with Crippen molar-refractivity contribution in [1.82, 2.24) is 5.32 Å². The Bertz CT molecular complexity index is 472. The molecular weight excluding hydrogens is 230 g/mol. The summed E-state index contributed by atoms with van der Waals surface area (Å²) >= 11 is 0. The third-order valence-corrected chi connectivity index (χ3v) is 2.38. The predicted molar refractivity (Wildman–Crippen MR) is 69.8 cm³/mol. The molecule has 0 heterocycles. The Hall–Kier alpha value is -1.99. The molecule has 1 rings (SSSR count). The number of hydrogen-bond acceptors (Lipinski definition) is 3. The molecule has 0 saturated carbocycles. The number of hydrogen-bond donors (Lipinski definition) is 2. The smallest absolute Gasteiger partial charge is 0.307 e. The van der Waals surface area contributed by atoms with Crippen LogP contribution >= 0.6 is 0 Å². The van der Waals surface area contributed by atoms with E-state index in [4.69, 9.17) is 9.84 Å². The first-order valence-electron chi connectivity index (χ1n) is 5.69. The van der Waals surface area contributed by atoms with Gasteiger partial charge in [0.25, 0.3) is 0 Å². The molecule has 0 saturated heterocycles. The van der Waals surface area contributed by atoms with Gasteiger partial charge in [0.05, 0.1) is 13.5 Å². The molecule has 1 aromatic carbocycles. The maximum absolute atomic E-state index is 10.8. The topological polar surface area (TPSA) is 58.6 Å². The van der Waals surface area contributed by atoms with Crippen LogP contribution in [0.2, 0.25) is 0 Å². The number of carboxylic acids is 1. The van der Waals surface area contributed by atoms with Gasteiger partial charge >= 0.3 is 5.97 Å². The van der Waals surface area contributed by atoms with E-state index in [0.717, 1.165) is 13.0 Å². The second kappa shape index (κ2) is 7.36. The SMILES string of the molecule is CNCCC#Cc1cc(OC)ccc1CC(=O)O. The monoisotopic (exact) mass is 247 g/mol. The van der Waals surface area contributed by atoms with E-state index < -0.39 is 5.97 Å². The van der Waals surface area contributed by atoms with Crippen molar-refractivity contribution in [2.24, 2.45) is 0 Å². The lowest BCUT2D eigenvalue weighted by molar-refractivity contribution is -0.136. The highest BCUT2D eigenvalue weighted by molar-refractivity contribution is 5.71. The Labute approximate surface area is 107 Å². The average Bonchev–Trinajstić information content (AvgIpc) is 2.35. The molecule has 0 fully saturated rings. The van der Waals surface area contributed by atoms with Crippen molar-refractivity contribution < 1.29 is 14.6 Å². The van der Waals surface area contributed by atoms with Crippen LogP contribution in [0.15, 0.2) is 18.2 Å². The normalized spacial score (nSPS) is 9.44. The van der Waals surface area contributed by atoms with Crippen molar-refractivity contribution in [2.75, 3.05) is 20.7 Å². The number of rotatable bonds is 5. The molecule has 0 aromatic heterocycles. The first kappa shape index (κ1) is 14.1. The van der Waals surface area contributed by atoms with Crippen molar-refractivity contribution >= 4 is 5.97 Å². The number of nitrogens with one attached hydrogen (secondary N) is 1. The molecular formula is C14H17NO3. The Morgan fingerprint density at radius 3 is 2.89 bits per heavy atom. The minimum atomic E-state index is -0.863. The quantitative estimate of drug-likeness (QED) is 0.608. The number of benzene rings is 1. The Morgan fingerprint density at radius 1 is 1.50 bits per heavy atom. The molecule has 0 radical (unpaired) electrons. The molecule has 0 aliphatic carbocycles. The number of aliphatic carboxylic acids is 1. The van der Waals surface area contributed by atoms with Gasteiger partial charge in [-0.2, -0.15) is 0 Å². The summed E-state index contributed by atoms with van der Waals surface area (Å²) in [5, 5.41) is 11.8. The maximum atomic E-state index is 10.8. The van der Waals surface area contributed by atoms with Gasteiger partial charge in [0.15, 0.2) is 0 Å². The van der Waals surface area contributed by atoms with Crippen LogP contribution in [0.3, 0.4) is 0 Å². The molecule has 4 heteroatoms. The average molecular weight is 247 g/mol. The third kappa shape index (κ3) is 4.48. The lowest BCUT2D eigenvalue weighted by atomic mass is 10.0. The molecule has 96 valence electrons. The summed E-state index contributed by atoms with van der Waals surface area (Å²) in [6, 6.07) is 5.26. The minimum Gasteiger partial charge on any atom is -0.497 e. The van der Waals surface area contributed by atoms with Crippen molar-refractivity contribution in [2.45, 2.75) is 12.8 Å². The van der Waals surface area contributed by atoms with Gasteiger partial charge in [-0.05, 0) is 24.7 Å². The van der Waals surface area contributed by atoms with E-state index in [1.165, 1.54) is 0 Å². The number of methoxy groups -OCH3 is 1. The fraction of sp³-hybridized carbons (Fsp3) is 0.357. The van der Waals surface area contributed by atoms with Gasteiger partial charge in [-0.1, -0.05) is 17.9 Å². The van der Waals surface area contributed by atoms with Gasteiger partial charge in [0.2, 0.25) is 0 Å². The molecule has 0 aliphatic rings. The second-order valence-corrected chi connectivity index (χ2v) is 3.75. The van der Waals surface area contributed by atoms with Gasteiger partial charge in [0.1, 0.15) is 5.75 Å². The Kier molecular flexibility index (Phi) is 5.75. The number of ether oxygens (including phenoxy) is 1. The van der Waals surface area contributed by atoms with E-state index in [1.807, 2.05) is 7.05 Å². The van der Waals surface area contributed by atoms with E-state index in [0.29, 0.717) is 16.9 Å². The zero-order chi connectivity index (χ0) is 13.4. The van der Waals surface area contributed by atoms with Gasteiger partial charge < -0.3 is 15.2 Å². The van der Waals surface area contributed by atoms with E-state index in [1.54, 1.807) is 25.3 Å². The van der Waals surface area contributed by atoms with Crippen LogP contribution in [0.4, 0.5) is 0 Å². The van der Waals surface area contributed by atoms with Crippen molar-refractivity contribution in [3.8, 4) is 17.6 Å². The molecule has 0 atom stereocenters. The van der Waals surface area contributed by atoms with Gasteiger partial charge in [0, 0.05) is 18.5 Å². The summed E-state index contributed by atoms with van der Waals surface area (Å²) in [7, 11) is 3.44. The number of carboxylic acid groups (broad SMARTS) is 1. The minimum absolute atomic E-state index is 0.0277. The fourth-order valence-corrected chi connectivity index (χ4v) is 1.46. The largest absolute Gasteiger partial charge is 0.497 e. The maximum Gasteiger partial charge on any atom is 0.307 e. The van der Waals surface area contributed by atoms with E-state index in [-0.39, 0.29) is 6.42 Å². The molecule has 0 spiro atoms. The van der Waals surface area contributed by atoms with E-state index in [2.05, 4.69) is 17.2 Å². The first-order valence-corrected chi connectivity index (χ1v) is 5.69. The highest BCUT2D eigenvalue weighted by atomic mass is 16.5. The lowest BCUT2D eigenvalue weighted by Gasteiger charge is -2.05. The van der Waals surface area contributed by atoms with Crippen LogP contribution in [-0.4, -0.2) is 31.8 Å². The molecule has 1 aromatic rings. The summed E-state index contributed by atoms with van der Waals surface area (Å²) in [4.78, 5) is 10.8. The van der Waals surface area contributed by atoms with Crippen LogP contribution < -0.4 is 10.1 Å². The molecule has 0 unspecified atom stereocenters. The molecule has 4 nitrogen and oxygen atoms in total. The zero-order valence-corrected chi connectivity index (χ0v) is 10.6. The Morgan fingerprint density at radius 2 is 2.28 bits per heavy atom. The molecule has 2 N–H and O–H groups in total. The summed E-state index contributed by atoms with van der Waals surface area (Å²) in [6.45, 7) is 0.811. The zero-order valence-electron chi connectivity index (χ0n) is 10.6. The molecule has 0 bridgehead atoms. The second-order valence-electron chi connectivity index (χ2n) is 3.75. The van der Waals surface area contributed by atoms with Crippen LogP contribution in [0.1, 0.15) is 17.5 Å². The predicted octanol–water partition coefficient (Wildman–Crippen LogP) is 1.28. The summed E-state index contributed by atoms with van der Waals surface area (Å²) < 4.78 is 5.11. The van der Waals surface area contributed by atoms with Gasteiger partial charge in [-0.15, -0.1) is 0 Å². The van der Waals surface area contributed by atoms with Crippen LogP contribution in [0.25, 0.3) is 0 Å². The number of carbonyl (C=O) groups is 1. The summed E-state index contributed by atoms with van der Waals surface area (Å²) in [5.74, 6) is 5.82. The van der Waals surface area contributed by atoms with Gasteiger partial charge in [-0.3, -0.25) is 4.79 Å². The van der Waals surface area contributed by atoms with Crippen molar-refractivity contribution in [3.05, 3.63) is 29.3 Å². The van der Waals surface area contributed by atoms with Crippen LogP contribution in [-0.2, 0) is 11.2 Å². The molecule has 18 heavy (non-hydrogen) atoms. The summed E-state index contributed by atoms with van der Waals surface area (Å²) in [6.07, 6.45) is 0.695. The highest BCUT2D eigenvalue weighted by Gasteiger charge is 2.06. The Balaban J connectivity index is 2.94. The highest BCUT2D eigenvalue weighted by Crippen LogP contribution is 2.17. The van der Waals surface area contributed by atoms with E-state index >= 15 is 0 Å². The lowest BCUT2D eigenvalue weighted by Crippen LogP contribution is -2.06. The molecule has 0 aliphatic heterocycles. The van der Waals surface area contributed by atoms with Crippen molar-refractivity contribution in [1.29, 1.82) is 0 Å². The summed E-state index contributed by atoms with van der Waals surface area (Å²) in [5.41, 5.74) is 1.42. The molecule has 0 amide bonds. The van der Waals surface area contributed by atoms with Crippen LogP contribution in [0, 0.1) is 11.8 Å². The van der Waals surface area contributed by atoms with Crippen molar-refractivity contribution in [3.63, 3.8) is 0 Å². The first-order chi connectivity index (χ1) is 8.67. The fourth-order valence-electron chi connectivity index (χ4n) is 1.46. The van der Waals surface area contributed by atoms with Crippen LogP contribution in [0.5, 0.6) is 5.75 Å².